The summed E-state index contributed by atoms with van der Waals surface area (Å²) >= 11 is 5.75. The van der Waals surface area contributed by atoms with Crippen LogP contribution in [0.15, 0.2) is 54.6 Å². The molecule has 0 N–H and O–H groups in total. The second-order valence-corrected chi connectivity index (χ2v) is 4.20. The van der Waals surface area contributed by atoms with E-state index in [4.69, 9.17) is 11.6 Å². The molecule has 0 fully saturated rings. The van der Waals surface area contributed by atoms with Crippen molar-refractivity contribution in [1.29, 1.82) is 0 Å². The Hall–Kier alpha value is -1.27. The van der Waals surface area contributed by atoms with Crippen LogP contribution in [-0.4, -0.2) is 0 Å². The molecule has 0 spiro atoms. The molecule has 0 amide bonds. The zero-order valence-corrected chi connectivity index (χ0v) is 9.95. The van der Waals surface area contributed by atoms with Gasteiger partial charge in [0.1, 0.15) is 0 Å². The van der Waals surface area contributed by atoms with Gasteiger partial charge in [0.05, 0.1) is 0 Å². The first kappa shape index (κ1) is 11.2. The van der Waals surface area contributed by atoms with E-state index in [2.05, 4.69) is 54.6 Å². The first-order valence-corrected chi connectivity index (χ1v) is 6.09. The summed E-state index contributed by atoms with van der Waals surface area (Å²) in [7, 11) is 0. The van der Waals surface area contributed by atoms with Crippen molar-refractivity contribution in [3.05, 3.63) is 71.3 Å². The number of halogens is 1. The highest BCUT2D eigenvalue weighted by atomic mass is 35.5. The lowest BCUT2D eigenvalue weighted by atomic mass is 10.0. The van der Waals surface area contributed by atoms with E-state index < -0.39 is 0 Å². The van der Waals surface area contributed by atoms with Gasteiger partial charge >= 0.3 is 0 Å². The van der Waals surface area contributed by atoms with Gasteiger partial charge in [-0.25, -0.2) is 0 Å². The highest BCUT2D eigenvalue weighted by Gasteiger charge is 1.96. The first-order chi connectivity index (χ1) is 7.88. The molecule has 2 aromatic rings. The molecule has 0 aliphatic rings. The molecule has 0 atom stereocenters. The summed E-state index contributed by atoms with van der Waals surface area (Å²) < 4.78 is 0. The van der Waals surface area contributed by atoms with Crippen LogP contribution >= 0.6 is 11.6 Å². The lowest BCUT2D eigenvalue weighted by molar-refractivity contribution is 0.959. The molecular weight excluding hydrogens is 216 g/mol. The Kier molecular flexibility index (Phi) is 4.01. The van der Waals surface area contributed by atoms with E-state index in [0.29, 0.717) is 5.88 Å². The summed E-state index contributed by atoms with van der Waals surface area (Å²) in [5, 5.41) is 0. The van der Waals surface area contributed by atoms with Gasteiger partial charge in [0, 0.05) is 5.88 Å². The van der Waals surface area contributed by atoms with Crippen molar-refractivity contribution in [2.24, 2.45) is 0 Å². The summed E-state index contributed by atoms with van der Waals surface area (Å²) in [6.07, 6.45) is 2.19. The van der Waals surface area contributed by atoms with Gasteiger partial charge in [0.2, 0.25) is 0 Å². The molecular formula is C15H15Cl. The number of benzene rings is 2. The summed E-state index contributed by atoms with van der Waals surface area (Å²) in [4.78, 5) is 0. The Balaban J connectivity index is 1.94. The van der Waals surface area contributed by atoms with E-state index >= 15 is 0 Å². The van der Waals surface area contributed by atoms with Crippen LogP contribution in [0.4, 0.5) is 0 Å². The van der Waals surface area contributed by atoms with Gasteiger partial charge in [-0.05, 0) is 29.5 Å². The molecule has 0 heterocycles. The van der Waals surface area contributed by atoms with Crippen molar-refractivity contribution in [3.63, 3.8) is 0 Å². The van der Waals surface area contributed by atoms with E-state index in [1.165, 1.54) is 16.7 Å². The largest absolute Gasteiger partial charge is 0.122 e. The van der Waals surface area contributed by atoms with Crippen LogP contribution in [0, 0.1) is 0 Å². The van der Waals surface area contributed by atoms with E-state index in [9.17, 15) is 0 Å². The summed E-state index contributed by atoms with van der Waals surface area (Å²) in [5.74, 6) is 0.596. The minimum atomic E-state index is 0.596. The predicted molar refractivity (Wildman–Crippen MR) is 69.8 cm³/mol. The average Bonchev–Trinajstić information content (AvgIpc) is 2.38. The Morgan fingerprint density at radius 3 is 1.69 bits per heavy atom. The molecule has 0 aliphatic heterocycles. The quantitative estimate of drug-likeness (QED) is 0.691. The van der Waals surface area contributed by atoms with E-state index in [1.54, 1.807) is 0 Å². The van der Waals surface area contributed by atoms with Crippen molar-refractivity contribution < 1.29 is 0 Å². The fourth-order valence-electron chi connectivity index (χ4n) is 1.73. The normalized spacial score (nSPS) is 10.3. The maximum Gasteiger partial charge on any atom is 0.0474 e. The zero-order valence-electron chi connectivity index (χ0n) is 9.20. The van der Waals surface area contributed by atoms with E-state index in [-0.39, 0.29) is 0 Å². The molecule has 0 unspecified atom stereocenters. The molecule has 0 aromatic heterocycles. The lowest BCUT2D eigenvalue weighted by Gasteiger charge is -2.03. The summed E-state index contributed by atoms with van der Waals surface area (Å²) in [6, 6.07) is 19.1. The van der Waals surface area contributed by atoms with Crippen LogP contribution in [0.25, 0.3) is 0 Å². The van der Waals surface area contributed by atoms with Crippen molar-refractivity contribution in [1.82, 2.24) is 0 Å². The first-order valence-electron chi connectivity index (χ1n) is 5.56. The van der Waals surface area contributed by atoms with Crippen LogP contribution in [-0.2, 0) is 18.7 Å². The summed E-state index contributed by atoms with van der Waals surface area (Å²) in [5.41, 5.74) is 3.95. The average molecular weight is 231 g/mol. The number of aryl methyl sites for hydroxylation is 2. The van der Waals surface area contributed by atoms with Crippen LogP contribution in [0.5, 0.6) is 0 Å². The molecule has 16 heavy (non-hydrogen) atoms. The van der Waals surface area contributed by atoms with E-state index in [0.717, 1.165) is 12.8 Å². The maximum absolute atomic E-state index is 5.75. The minimum absolute atomic E-state index is 0.596. The predicted octanol–water partition coefficient (Wildman–Crippen LogP) is 4.21. The highest BCUT2D eigenvalue weighted by molar-refractivity contribution is 6.17. The Bertz CT molecular complexity index is 417. The van der Waals surface area contributed by atoms with Gasteiger partial charge in [-0.15, -0.1) is 11.6 Å². The van der Waals surface area contributed by atoms with Gasteiger partial charge in [-0.2, -0.15) is 0 Å². The number of rotatable bonds is 4. The number of hydrogen-bond donors (Lipinski definition) is 0. The van der Waals surface area contributed by atoms with Crippen molar-refractivity contribution in [3.8, 4) is 0 Å². The molecule has 2 aromatic carbocycles. The molecule has 2 rings (SSSR count). The van der Waals surface area contributed by atoms with Crippen molar-refractivity contribution in [2.45, 2.75) is 18.7 Å². The van der Waals surface area contributed by atoms with Gasteiger partial charge in [-0.1, -0.05) is 54.6 Å². The topological polar surface area (TPSA) is 0 Å². The number of alkyl halides is 1. The van der Waals surface area contributed by atoms with Crippen LogP contribution < -0.4 is 0 Å². The van der Waals surface area contributed by atoms with Gasteiger partial charge in [0.25, 0.3) is 0 Å². The van der Waals surface area contributed by atoms with Gasteiger partial charge in [0.15, 0.2) is 0 Å². The number of hydrogen-bond acceptors (Lipinski definition) is 0. The smallest absolute Gasteiger partial charge is 0.0474 e. The molecule has 82 valence electrons. The Morgan fingerprint density at radius 1 is 0.625 bits per heavy atom. The highest BCUT2D eigenvalue weighted by Crippen LogP contribution is 2.10. The molecule has 0 saturated carbocycles. The molecule has 0 nitrogen and oxygen atoms in total. The van der Waals surface area contributed by atoms with Crippen LogP contribution in [0.3, 0.4) is 0 Å². The molecule has 0 bridgehead atoms. The van der Waals surface area contributed by atoms with E-state index in [1.807, 2.05) is 0 Å². The SMILES string of the molecule is ClCc1ccc(CCc2ccccc2)cc1. The molecule has 0 radical (unpaired) electrons. The molecule has 0 aliphatic carbocycles. The van der Waals surface area contributed by atoms with Crippen LogP contribution in [0.1, 0.15) is 16.7 Å². The Morgan fingerprint density at radius 2 is 1.12 bits per heavy atom. The third-order valence-electron chi connectivity index (χ3n) is 2.72. The van der Waals surface area contributed by atoms with Crippen molar-refractivity contribution in [2.75, 3.05) is 0 Å². The van der Waals surface area contributed by atoms with Gasteiger partial charge < -0.3 is 0 Å². The zero-order chi connectivity index (χ0) is 11.2. The Labute approximate surface area is 102 Å². The van der Waals surface area contributed by atoms with Gasteiger partial charge in [-0.3, -0.25) is 0 Å². The third kappa shape index (κ3) is 3.11. The lowest BCUT2D eigenvalue weighted by Crippen LogP contribution is -1.91. The molecule has 1 heteroatoms. The fourth-order valence-corrected chi connectivity index (χ4v) is 1.91. The minimum Gasteiger partial charge on any atom is -0.122 e. The second kappa shape index (κ2) is 5.72. The monoisotopic (exact) mass is 230 g/mol. The standard InChI is InChI=1S/C15H15Cl/c16-12-15-10-8-14(9-11-15)7-6-13-4-2-1-3-5-13/h1-5,8-11H,6-7,12H2. The van der Waals surface area contributed by atoms with Crippen LogP contribution in [0.2, 0.25) is 0 Å². The van der Waals surface area contributed by atoms with Crippen molar-refractivity contribution >= 4 is 11.6 Å². The summed E-state index contributed by atoms with van der Waals surface area (Å²) in [6.45, 7) is 0. The fraction of sp³-hybridized carbons (Fsp3) is 0.200. The second-order valence-electron chi connectivity index (χ2n) is 3.94. The third-order valence-corrected chi connectivity index (χ3v) is 3.03. The molecule has 0 saturated heterocycles. The maximum atomic E-state index is 5.75.